The molecule has 0 radical (unpaired) electrons. The van der Waals surface area contributed by atoms with Crippen LogP contribution in [0.5, 0.6) is 0 Å². The molecule has 2 aromatic heterocycles. The zero-order valence-corrected chi connectivity index (χ0v) is 15.2. The van der Waals surface area contributed by atoms with Crippen molar-refractivity contribution >= 4 is 16.8 Å². The van der Waals surface area contributed by atoms with Gasteiger partial charge < -0.3 is 14.8 Å². The minimum absolute atomic E-state index is 0.00149. The van der Waals surface area contributed by atoms with Crippen molar-refractivity contribution in [3.8, 4) is 0 Å². The molecule has 0 fully saturated rings. The van der Waals surface area contributed by atoms with E-state index in [2.05, 4.69) is 46.4 Å². The van der Waals surface area contributed by atoms with Crippen LogP contribution in [0, 0.1) is 20.8 Å². The van der Waals surface area contributed by atoms with Crippen LogP contribution in [0.2, 0.25) is 0 Å². The molecule has 3 rings (SSSR count). The summed E-state index contributed by atoms with van der Waals surface area (Å²) in [5, 5.41) is 7.92. The second-order valence-electron chi connectivity index (χ2n) is 6.47. The first-order valence-corrected chi connectivity index (χ1v) is 8.64. The van der Waals surface area contributed by atoms with E-state index in [1.54, 1.807) is 0 Å². The molecular formula is C19H24N4O2. The Kier molecular flexibility index (Phi) is 4.88. The first-order valence-electron chi connectivity index (χ1n) is 8.64. The summed E-state index contributed by atoms with van der Waals surface area (Å²) in [5.41, 5.74) is 5.62. The Morgan fingerprint density at radius 1 is 1.28 bits per heavy atom. The Morgan fingerprint density at radius 2 is 2.08 bits per heavy atom. The summed E-state index contributed by atoms with van der Waals surface area (Å²) in [6, 6.07) is 4.29. The first-order chi connectivity index (χ1) is 12.0. The van der Waals surface area contributed by atoms with Crippen LogP contribution in [0.4, 0.5) is 0 Å². The fourth-order valence-corrected chi connectivity index (χ4v) is 3.13. The minimum atomic E-state index is -0.00149. The molecule has 0 aliphatic rings. The SMILES string of the molecule is CCc1noc(CCNC(=O)Cc2c(C)[nH]c3c(C)cc(C)cc23)n1. The number of aromatic nitrogens is 3. The Hall–Kier alpha value is -2.63. The number of nitrogens with zero attached hydrogens (tertiary/aromatic N) is 2. The van der Waals surface area contributed by atoms with Crippen LogP contribution in [-0.2, 0) is 24.1 Å². The van der Waals surface area contributed by atoms with E-state index < -0.39 is 0 Å². The second kappa shape index (κ2) is 7.09. The number of hydrogen-bond acceptors (Lipinski definition) is 4. The molecule has 2 N–H and O–H groups in total. The van der Waals surface area contributed by atoms with Gasteiger partial charge in [0, 0.05) is 36.0 Å². The number of amides is 1. The maximum atomic E-state index is 12.3. The predicted molar refractivity (Wildman–Crippen MR) is 96.6 cm³/mol. The van der Waals surface area contributed by atoms with E-state index in [0.717, 1.165) is 28.6 Å². The highest BCUT2D eigenvalue weighted by Gasteiger charge is 2.14. The minimum Gasteiger partial charge on any atom is -0.358 e. The van der Waals surface area contributed by atoms with E-state index in [-0.39, 0.29) is 5.91 Å². The van der Waals surface area contributed by atoms with Crippen molar-refractivity contribution in [3.05, 3.63) is 46.2 Å². The van der Waals surface area contributed by atoms with Gasteiger partial charge in [-0.1, -0.05) is 23.7 Å². The zero-order chi connectivity index (χ0) is 18.0. The fourth-order valence-electron chi connectivity index (χ4n) is 3.13. The lowest BCUT2D eigenvalue weighted by molar-refractivity contribution is -0.120. The summed E-state index contributed by atoms with van der Waals surface area (Å²) in [6.45, 7) is 8.65. The molecule has 0 bridgehead atoms. The molecule has 1 aromatic carbocycles. The van der Waals surface area contributed by atoms with Gasteiger partial charge in [0.1, 0.15) is 0 Å². The highest BCUT2D eigenvalue weighted by atomic mass is 16.5. The monoisotopic (exact) mass is 340 g/mol. The molecule has 3 aromatic rings. The molecule has 1 amide bonds. The number of aromatic amines is 1. The van der Waals surface area contributed by atoms with Crippen LogP contribution in [0.25, 0.3) is 10.9 Å². The molecule has 6 nitrogen and oxygen atoms in total. The third kappa shape index (κ3) is 3.73. The Balaban J connectivity index is 1.65. The number of rotatable bonds is 6. The fraction of sp³-hybridized carbons (Fsp3) is 0.421. The van der Waals surface area contributed by atoms with Crippen LogP contribution in [0.1, 0.15) is 41.0 Å². The van der Waals surface area contributed by atoms with Crippen molar-refractivity contribution in [3.63, 3.8) is 0 Å². The topological polar surface area (TPSA) is 83.8 Å². The predicted octanol–water partition coefficient (Wildman–Crippen LogP) is 2.94. The van der Waals surface area contributed by atoms with Gasteiger partial charge >= 0.3 is 0 Å². The van der Waals surface area contributed by atoms with Gasteiger partial charge in [-0.2, -0.15) is 4.98 Å². The summed E-state index contributed by atoms with van der Waals surface area (Å²) in [4.78, 5) is 20.0. The maximum Gasteiger partial charge on any atom is 0.228 e. The molecule has 0 atom stereocenters. The Morgan fingerprint density at radius 3 is 2.80 bits per heavy atom. The van der Waals surface area contributed by atoms with Crippen LogP contribution < -0.4 is 5.32 Å². The summed E-state index contributed by atoms with van der Waals surface area (Å²) in [7, 11) is 0. The number of benzene rings is 1. The molecule has 0 aliphatic carbocycles. The molecule has 0 unspecified atom stereocenters. The van der Waals surface area contributed by atoms with Gasteiger partial charge in [0.2, 0.25) is 11.8 Å². The van der Waals surface area contributed by atoms with Crippen molar-refractivity contribution in [1.29, 1.82) is 0 Å². The summed E-state index contributed by atoms with van der Waals surface area (Å²) < 4.78 is 5.13. The molecule has 2 heterocycles. The normalized spacial score (nSPS) is 11.2. The van der Waals surface area contributed by atoms with Crippen LogP contribution in [0.3, 0.4) is 0 Å². The molecule has 0 saturated carbocycles. The van der Waals surface area contributed by atoms with Crippen LogP contribution >= 0.6 is 0 Å². The number of hydrogen-bond donors (Lipinski definition) is 2. The number of fused-ring (bicyclic) bond motifs is 1. The average molecular weight is 340 g/mol. The number of carbonyl (C=O) groups is 1. The van der Waals surface area contributed by atoms with Gasteiger partial charge in [-0.3, -0.25) is 4.79 Å². The number of aryl methyl sites for hydroxylation is 4. The molecule has 0 saturated heterocycles. The molecule has 0 aliphatic heterocycles. The van der Waals surface area contributed by atoms with E-state index in [0.29, 0.717) is 31.1 Å². The Labute approximate surface area is 147 Å². The number of carbonyl (C=O) groups excluding carboxylic acids is 1. The largest absolute Gasteiger partial charge is 0.358 e. The quantitative estimate of drug-likeness (QED) is 0.722. The van der Waals surface area contributed by atoms with Gasteiger partial charge in [0.05, 0.1) is 6.42 Å². The third-order valence-corrected chi connectivity index (χ3v) is 4.39. The van der Waals surface area contributed by atoms with Gasteiger partial charge in [-0.25, -0.2) is 0 Å². The lowest BCUT2D eigenvalue weighted by Gasteiger charge is -2.05. The molecular weight excluding hydrogens is 316 g/mol. The van der Waals surface area contributed by atoms with Crippen LogP contribution in [0.15, 0.2) is 16.7 Å². The van der Waals surface area contributed by atoms with Gasteiger partial charge in [0.25, 0.3) is 0 Å². The second-order valence-corrected chi connectivity index (χ2v) is 6.47. The lowest BCUT2D eigenvalue weighted by atomic mass is 10.0. The summed E-state index contributed by atoms with van der Waals surface area (Å²) >= 11 is 0. The highest BCUT2D eigenvalue weighted by Crippen LogP contribution is 2.26. The van der Waals surface area contributed by atoms with Crippen molar-refractivity contribution < 1.29 is 9.32 Å². The molecule has 25 heavy (non-hydrogen) atoms. The van der Waals surface area contributed by atoms with E-state index in [9.17, 15) is 4.79 Å². The number of H-pyrrole nitrogens is 1. The van der Waals surface area contributed by atoms with Crippen molar-refractivity contribution in [2.45, 2.75) is 47.0 Å². The Bertz CT molecular complexity index is 908. The third-order valence-electron chi connectivity index (χ3n) is 4.39. The lowest BCUT2D eigenvalue weighted by Crippen LogP contribution is -2.27. The van der Waals surface area contributed by atoms with Gasteiger partial charge in [-0.15, -0.1) is 0 Å². The van der Waals surface area contributed by atoms with Crippen molar-refractivity contribution in [2.75, 3.05) is 6.54 Å². The standard InChI is InChI=1S/C19H24N4O2/c1-5-16-22-18(25-23-16)6-7-20-17(24)10-14-13(4)21-19-12(3)8-11(2)9-15(14)19/h8-9,21H,5-7,10H2,1-4H3,(H,20,24). The van der Waals surface area contributed by atoms with Gasteiger partial charge in [0.15, 0.2) is 5.82 Å². The van der Waals surface area contributed by atoms with Crippen LogP contribution in [-0.4, -0.2) is 27.6 Å². The molecule has 132 valence electrons. The average Bonchev–Trinajstić information content (AvgIpc) is 3.14. The van der Waals surface area contributed by atoms with E-state index >= 15 is 0 Å². The first kappa shape index (κ1) is 17.2. The highest BCUT2D eigenvalue weighted by molar-refractivity contribution is 5.92. The zero-order valence-electron chi connectivity index (χ0n) is 15.2. The van der Waals surface area contributed by atoms with Crippen molar-refractivity contribution in [1.82, 2.24) is 20.4 Å². The molecule has 6 heteroatoms. The van der Waals surface area contributed by atoms with Crippen molar-refractivity contribution in [2.24, 2.45) is 0 Å². The van der Waals surface area contributed by atoms with Gasteiger partial charge in [-0.05, 0) is 38.0 Å². The maximum absolute atomic E-state index is 12.3. The van der Waals surface area contributed by atoms with E-state index in [1.807, 2.05) is 13.8 Å². The van der Waals surface area contributed by atoms with E-state index in [4.69, 9.17) is 4.52 Å². The van der Waals surface area contributed by atoms with E-state index in [1.165, 1.54) is 11.1 Å². The summed E-state index contributed by atoms with van der Waals surface area (Å²) in [5.74, 6) is 1.26. The smallest absolute Gasteiger partial charge is 0.228 e. The number of nitrogens with one attached hydrogen (secondary N) is 2. The summed E-state index contributed by atoms with van der Waals surface area (Å²) in [6.07, 6.45) is 1.65. The molecule has 0 spiro atoms.